The maximum absolute atomic E-state index is 14.8. The van der Waals surface area contributed by atoms with Crippen molar-refractivity contribution in [3.05, 3.63) is 82.5 Å². The second kappa shape index (κ2) is 8.76. The Balaban J connectivity index is 1.94. The molecule has 28 heavy (non-hydrogen) atoms. The molecule has 0 radical (unpaired) electrons. The Morgan fingerprint density at radius 3 is 1.93 bits per heavy atom. The van der Waals surface area contributed by atoms with E-state index in [9.17, 15) is 17.6 Å². The van der Waals surface area contributed by atoms with Gasteiger partial charge in [0.2, 0.25) is 0 Å². The molecule has 0 aromatic heterocycles. The third-order valence-electron chi connectivity index (χ3n) is 5.28. The zero-order valence-electron chi connectivity index (χ0n) is 16.1. The molecule has 0 bridgehead atoms. The van der Waals surface area contributed by atoms with Gasteiger partial charge in [-0.15, -0.1) is 6.58 Å². The maximum Gasteiger partial charge on any atom is 0.167 e. The average molecular weight is 388 g/mol. The second-order valence-electron chi connectivity index (χ2n) is 7.21. The van der Waals surface area contributed by atoms with Gasteiger partial charge in [0.15, 0.2) is 23.3 Å². The summed E-state index contributed by atoms with van der Waals surface area (Å²) in [7, 11) is 0. The van der Waals surface area contributed by atoms with E-state index in [1.165, 1.54) is 0 Å². The minimum atomic E-state index is -1.09. The van der Waals surface area contributed by atoms with E-state index in [4.69, 9.17) is 0 Å². The van der Waals surface area contributed by atoms with E-state index >= 15 is 0 Å². The summed E-state index contributed by atoms with van der Waals surface area (Å²) < 4.78 is 58.5. The first-order chi connectivity index (χ1) is 13.5. The zero-order valence-corrected chi connectivity index (χ0v) is 16.1. The first kappa shape index (κ1) is 20.4. The third kappa shape index (κ3) is 3.78. The summed E-state index contributed by atoms with van der Waals surface area (Å²) in [5.41, 5.74) is 1.32. The summed E-state index contributed by atoms with van der Waals surface area (Å²) in [5.74, 6) is -4.10. The Kier molecular flexibility index (Phi) is 6.38. The predicted octanol–water partition coefficient (Wildman–Crippen LogP) is 7.22. The lowest BCUT2D eigenvalue weighted by Crippen LogP contribution is -2.01. The van der Waals surface area contributed by atoms with E-state index < -0.39 is 23.3 Å². The highest BCUT2D eigenvalue weighted by Crippen LogP contribution is 2.43. The number of aryl methyl sites for hydroxylation is 2. The van der Waals surface area contributed by atoms with Gasteiger partial charge < -0.3 is 0 Å². The van der Waals surface area contributed by atoms with Gasteiger partial charge in [-0.25, -0.2) is 17.6 Å². The van der Waals surface area contributed by atoms with Crippen molar-refractivity contribution in [1.29, 1.82) is 0 Å². The Bertz CT molecular complexity index is 925. The van der Waals surface area contributed by atoms with E-state index in [0.29, 0.717) is 36.0 Å². The summed E-state index contributed by atoms with van der Waals surface area (Å²) in [6.45, 7) is 5.54. The van der Waals surface area contributed by atoms with Crippen molar-refractivity contribution in [2.75, 3.05) is 0 Å². The molecule has 0 aliphatic heterocycles. The summed E-state index contributed by atoms with van der Waals surface area (Å²) in [5, 5.41) is 0. The Morgan fingerprint density at radius 2 is 1.39 bits per heavy atom. The molecule has 0 heterocycles. The Labute approximate surface area is 163 Å². The molecule has 1 aliphatic rings. The molecule has 0 amide bonds. The van der Waals surface area contributed by atoms with Crippen molar-refractivity contribution in [3.63, 3.8) is 0 Å². The normalized spacial score (nSPS) is 12.5. The quantitative estimate of drug-likeness (QED) is 0.217. The molecule has 0 atom stereocenters. The highest BCUT2D eigenvalue weighted by Gasteiger charge is 2.31. The average Bonchev–Trinajstić information content (AvgIpc) is 3.05. The summed E-state index contributed by atoms with van der Waals surface area (Å²) in [6.07, 6.45) is 9.70. The highest BCUT2D eigenvalue weighted by atomic mass is 19.2. The summed E-state index contributed by atoms with van der Waals surface area (Å²) >= 11 is 0. The van der Waals surface area contributed by atoms with Crippen LogP contribution in [0.3, 0.4) is 0 Å². The van der Waals surface area contributed by atoms with Gasteiger partial charge in [0.1, 0.15) is 0 Å². The number of hydrogen-bond donors (Lipinski definition) is 0. The molecule has 148 valence electrons. The van der Waals surface area contributed by atoms with Crippen molar-refractivity contribution >= 4 is 0 Å². The van der Waals surface area contributed by atoms with Gasteiger partial charge in [0.25, 0.3) is 0 Å². The first-order valence-electron chi connectivity index (χ1n) is 9.71. The van der Waals surface area contributed by atoms with Crippen LogP contribution in [0.4, 0.5) is 17.6 Å². The molecule has 2 aromatic carbocycles. The van der Waals surface area contributed by atoms with Crippen LogP contribution in [0.15, 0.2) is 36.9 Å². The number of halogens is 4. The van der Waals surface area contributed by atoms with E-state index in [1.807, 2.05) is 19.1 Å². The van der Waals surface area contributed by atoms with E-state index in [-0.39, 0.29) is 23.1 Å². The van der Waals surface area contributed by atoms with Crippen LogP contribution < -0.4 is 0 Å². The van der Waals surface area contributed by atoms with Crippen LogP contribution in [0.25, 0.3) is 11.1 Å². The highest BCUT2D eigenvalue weighted by molar-refractivity contribution is 5.79. The van der Waals surface area contributed by atoms with Gasteiger partial charge in [-0.1, -0.05) is 30.4 Å². The monoisotopic (exact) mass is 388 g/mol. The zero-order chi connectivity index (χ0) is 20.3. The van der Waals surface area contributed by atoms with Crippen molar-refractivity contribution in [2.24, 2.45) is 0 Å². The number of fused-ring (bicyclic) bond motifs is 3. The van der Waals surface area contributed by atoms with Crippen LogP contribution in [0, 0.1) is 23.3 Å². The molecule has 0 N–H and O–H groups in total. The number of unbranched alkanes of at least 4 members (excludes halogenated alkanes) is 2. The molecule has 0 nitrogen and oxygen atoms in total. The van der Waals surface area contributed by atoms with Gasteiger partial charge in [0.05, 0.1) is 0 Å². The van der Waals surface area contributed by atoms with E-state index in [1.54, 1.807) is 18.2 Å². The minimum absolute atomic E-state index is 0.128. The molecule has 1 aliphatic carbocycles. The van der Waals surface area contributed by atoms with Gasteiger partial charge in [0, 0.05) is 11.1 Å². The topological polar surface area (TPSA) is 0 Å². The number of hydrogen-bond acceptors (Lipinski definition) is 0. The molecule has 0 unspecified atom stereocenters. The van der Waals surface area contributed by atoms with Gasteiger partial charge in [-0.2, -0.15) is 0 Å². The number of rotatable bonds is 8. The van der Waals surface area contributed by atoms with Crippen LogP contribution in [-0.2, 0) is 19.3 Å². The fraction of sp³-hybridized carbons (Fsp3) is 0.333. The lowest BCUT2D eigenvalue weighted by molar-refractivity contribution is 0.491. The van der Waals surface area contributed by atoms with Gasteiger partial charge >= 0.3 is 0 Å². The minimum Gasteiger partial charge on any atom is -0.203 e. The van der Waals surface area contributed by atoms with Gasteiger partial charge in [-0.3, -0.25) is 0 Å². The molecule has 0 saturated heterocycles. The largest absolute Gasteiger partial charge is 0.203 e. The fourth-order valence-electron chi connectivity index (χ4n) is 3.87. The standard InChI is InChI=1S/C24H24F4/c1-3-5-7-8-9-11-16-13-18-14-17-12-15(10-6-4-2)21(25)23(27)19(17)20(18)24(28)22(16)26/h3-5,12-13H,2,6-11,14H2,1H3/b5-3+. The molecule has 4 heteroatoms. The first-order valence-corrected chi connectivity index (χ1v) is 9.71. The van der Waals surface area contributed by atoms with E-state index in [2.05, 4.69) is 6.58 Å². The molecule has 0 saturated carbocycles. The molecular weight excluding hydrogens is 364 g/mol. The third-order valence-corrected chi connectivity index (χ3v) is 5.28. The lowest BCUT2D eigenvalue weighted by atomic mass is 9.97. The van der Waals surface area contributed by atoms with Crippen LogP contribution in [0.1, 0.15) is 54.9 Å². The molecule has 0 fully saturated rings. The van der Waals surface area contributed by atoms with Crippen molar-refractivity contribution < 1.29 is 17.6 Å². The maximum atomic E-state index is 14.8. The van der Waals surface area contributed by atoms with Crippen molar-refractivity contribution in [1.82, 2.24) is 0 Å². The van der Waals surface area contributed by atoms with Crippen molar-refractivity contribution in [3.8, 4) is 11.1 Å². The van der Waals surface area contributed by atoms with Gasteiger partial charge in [-0.05, 0) is 74.1 Å². The molecule has 0 spiro atoms. The Morgan fingerprint density at radius 1 is 0.821 bits per heavy atom. The molecule has 2 aromatic rings. The van der Waals surface area contributed by atoms with Crippen molar-refractivity contribution in [2.45, 2.75) is 51.9 Å². The second-order valence-corrected chi connectivity index (χ2v) is 7.21. The molecular formula is C24H24F4. The van der Waals surface area contributed by atoms with Crippen LogP contribution in [-0.4, -0.2) is 0 Å². The number of allylic oxidation sites excluding steroid dienone is 3. The number of benzene rings is 2. The lowest BCUT2D eigenvalue weighted by Gasteiger charge is -2.11. The van der Waals surface area contributed by atoms with E-state index in [0.717, 1.165) is 19.3 Å². The smallest absolute Gasteiger partial charge is 0.167 e. The Hall–Kier alpha value is -2.36. The summed E-state index contributed by atoms with van der Waals surface area (Å²) in [6, 6.07) is 3.19. The van der Waals surface area contributed by atoms with Crippen LogP contribution >= 0.6 is 0 Å². The van der Waals surface area contributed by atoms with Crippen LogP contribution in [0.2, 0.25) is 0 Å². The SMILES string of the molecule is C=CCCc1cc2c(c(F)c1F)-c1c(cc(CCCC/C=C/C)c(F)c1F)C2. The predicted molar refractivity (Wildman–Crippen MR) is 105 cm³/mol. The summed E-state index contributed by atoms with van der Waals surface area (Å²) in [4.78, 5) is 0. The molecule has 3 rings (SSSR count). The fourth-order valence-corrected chi connectivity index (χ4v) is 3.87. The van der Waals surface area contributed by atoms with Crippen LogP contribution in [0.5, 0.6) is 0 Å².